The molecule has 0 aliphatic carbocycles. The fourth-order valence-electron chi connectivity index (χ4n) is 1.80. The van der Waals surface area contributed by atoms with E-state index in [1.54, 1.807) is 14.2 Å². The summed E-state index contributed by atoms with van der Waals surface area (Å²) in [5, 5.41) is 2.66. The fraction of sp³-hybridized carbons (Fsp3) is 0.750. The van der Waals surface area contributed by atoms with E-state index in [4.69, 9.17) is 15.2 Å². The van der Waals surface area contributed by atoms with Crippen molar-refractivity contribution >= 4 is 16.5 Å². The van der Waals surface area contributed by atoms with Crippen LogP contribution >= 0.6 is 11.3 Å². The quantitative estimate of drug-likeness (QED) is 0.734. The number of ether oxygens (including phenoxy) is 2. The molecule has 0 bridgehead atoms. The van der Waals surface area contributed by atoms with Gasteiger partial charge in [0.2, 0.25) is 0 Å². The number of thiazole rings is 1. The van der Waals surface area contributed by atoms with Gasteiger partial charge >= 0.3 is 0 Å². The number of nitrogen functional groups attached to an aromatic ring is 1. The summed E-state index contributed by atoms with van der Waals surface area (Å²) in [6.45, 7) is 5.46. The Kier molecular flexibility index (Phi) is 7.19. The van der Waals surface area contributed by atoms with Crippen molar-refractivity contribution in [3.8, 4) is 0 Å². The van der Waals surface area contributed by atoms with Crippen molar-refractivity contribution in [1.82, 2.24) is 9.88 Å². The van der Waals surface area contributed by atoms with Crippen LogP contribution in [0.25, 0.3) is 0 Å². The summed E-state index contributed by atoms with van der Waals surface area (Å²) in [6, 6.07) is 0.376. The topological polar surface area (TPSA) is 60.6 Å². The molecule has 0 radical (unpaired) electrons. The van der Waals surface area contributed by atoms with E-state index in [1.807, 2.05) is 5.38 Å². The summed E-state index contributed by atoms with van der Waals surface area (Å²) in [7, 11) is 3.45. The molecule has 0 fully saturated rings. The van der Waals surface area contributed by atoms with E-state index in [2.05, 4.69) is 16.8 Å². The van der Waals surface area contributed by atoms with Gasteiger partial charge in [0, 0.05) is 45.2 Å². The van der Waals surface area contributed by atoms with Gasteiger partial charge < -0.3 is 15.2 Å². The number of methoxy groups -OCH3 is 2. The first-order valence-electron chi connectivity index (χ1n) is 6.09. The van der Waals surface area contributed by atoms with E-state index in [0.717, 1.165) is 38.4 Å². The van der Waals surface area contributed by atoms with E-state index in [-0.39, 0.29) is 0 Å². The molecule has 1 heterocycles. The fourth-order valence-corrected chi connectivity index (χ4v) is 2.40. The molecule has 0 aliphatic heterocycles. The molecule has 5 nitrogen and oxygen atoms in total. The molecule has 104 valence electrons. The molecule has 1 rings (SSSR count). The number of nitrogens with two attached hydrogens (primary N) is 1. The predicted octanol–water partition coefficient (Wildman–Crippen LogP) is 1.25. The van der Waals surface area contributed by atoms with E-state index < -0.39 is 0 Å². The average molecular weight is 273 g/mol. The van der Waals surface area contributed by atoms with E-state index in [9.17, 15) is 0 Å². The Morgan fingerprint density at radius 2 is 2.17 bits per heavy atom. The number of hydrogen-bond acceptors (Lipinski definition) is 6. The zero-order valence-electron chi connectivity index (χ0n) is 11.4. The van der Waals surface area contributed by atoms with Crippen LogP contribution in [-0.2, 0) is 15.9 Å². The Morgan fingerprint density at radius 1 is 1.39 bits per heavy atom. The van der Waals surface area contributed by atoms with Crippen molar-refractivity contribution in [3.05, 3.63) is 11.1 Å². The van der Waals surface area contributed by atoms with Gasteiger partial charge in [-0.05, 0) is 6.92 Å². The van der Waals surface area contributed by atoms with Gasteiger partial charge in [0.25, 0.3) is 0 Å². The summed E-state index contributed by atoms with van der Waals surface area (Å²) in [6.07, 6.45) is 0.908. The lowest BCUT2D eigenvalue weighted by atomic mass is 10.2. The zero-order valence-corrected chi connectivity index (χ0v) is 12.2. The molecule has 0 spiro atoms. The maximum Gasteiger partial charge on any atom is 0.180 e. The van der Waals surface area contributed by atoms with Gasteiger partial charge in [-0.15, -0.1) is 11.3 Å². The smallest absolute Gasteiger partial charge is 0.180 e. The standard InChI is InChI=1S/C12H23N3O2S/c1-10(8-17-3)15(6-7-16-2)5-4-11-9-18-12(13)14-11/h9-10H,4-8H2,1-3H3,(H2,13,14). The molecule has 6 heteroatoms. The molecule has 18 heavy (non-hydrogen) atoms. The Balaban J connectivity index is 2.44. The zero-order chi connectivity index (χ0) is 13.4. The number of aromatic nitrogens is 1. The van der Waals surface area contributed by atoms with E-state index in [1.165, 1.54) is 11.3 Å². The van der Waals surface area contributed by atoms with Crippen molar-refractivity contribution < 1.29 is 9.47 Å². The maximum atomic E-state index is 5.63. The molecular weight excluding hydrogens is 250 g/mol. The second kappa shape index (κ2) is 8.42. The van der Waals surface area contributed by atoms with Crippen LogP contribution in [0.3, 0.4) is 0 Å². The van der Waals surface area contributed by atoms with Gasteiger partial charge in [-0.1, -0.05) is 0 Å². The second-order valence-corrected chi connectivity index (χ2v) is 5.15. The van der Waals surface area contributed by atoms with Crippen LogP contribution in [0.1, 0.15) is 12.6 Å². The number of nitrogens with zero attached hydrogens (tertiary/aromatic N) is 2. The molecule has 0 aliphatic rings. The van der Waals surface area contributed by atoms with Crippen LogP contribution in [0.5, 0.6) is 0 Å². The van der Waals surface area contributed by atoms with Crippen LogP contribution in [0.2, 0.25) is 0 Å². The molecule has 2 N–H and O–H groups in total. The van der Waals surface area contributed by atoms with Gasteiger partial charge in [-0.3, -0.25) is 4.90 Å². The first-order chi connectivity index (χ1) is 8.67. The van der Waals surface area contributed by atoms with Crippen LogP contribution in [0, 0.1) is 0 Å². The Labute approximate surface area is 113 Å². The van der Waals surface area contributed by atoms with Gasteiger partial charge in [-0.2, -0.15) is 0 Å². The highest BCUT2D eigenvalue weighted by molar-refractivity contribution is 7.13. The van der Waals surface area contributed by atoms with Crippen LogP contribution in [0.15, 0.2) is 5.38 Å². The summed E-state index contributed by atoms with van der Waals surface area (Å²) >= 11 is 1.49. The Bertz CT molecular complexity index is 333. The minimum Gasteiger partial charge on any atom is -0.383 e. The van der Waals surface area contributed by atoms with Crippen molar-refractivity contribution in [2.45, 2.75) is 19.4 Å². The molecule has 1 atom stereocenters. The molecule has 0 saturated carbocycles. The van der Waals surface area contributed by atoms with E-state index >= 15 is 0 Å². The lowest BCUT2D eigenvalue weighted by Gasteiger charge is -2.28. The summed E-state index contributed by atoms with van der Waals surface area (Å²) in [5.41, 5.74) is 6.69. The average Bonchev–Trinajstić information content (AvgIpc) is 2.75. The van der Waals surface area contributed by atoms with Gasteiger partial charge in [0.05, 0.1) is 18.9 Å². The monoisotopic (exact) mass is 273 g/mol. The predicted molar refractivity (Wildman–Crippen MR) is 75.0 cm³/mol. The SMILES string of the molecule is COCCN(CCc1csc(N)n1)C(C)COC. The normalized spacial score (nSPS) is 13.1. The molecule has 0 aromatic carbocycles. The number of anilines is 1. The Morgan fingerprint density at radius 3 is 2.72 bits per heavy atom. The highest BCUT2D eigenvalue weighted by Gasteiger charge is 2.13. The third kappa shape index (κ3) is 5.30. The van der Waals surface area contributed by atoms with Crippen LogP contribution in [-0.4, -0.2) is 56.4 Å². The van der Waals surface area contributed by atoms with Crippen molar-refractivity contribution in [2.75, 3.05) is 46.3 Å². The van der Waals surface area contributed by atoms with E-state index in [0.29, 0.717) is 11.2 Å². The second-order valence-electron chi connectivity index (χ2n) is 4.26. The first-order valence-corrected chi connectivity index (χ1v) is 6.97. The molecule has 1 aromatic heterocycles. The first kappa shape index (κ1) is 15.4. The molecular formula is C12H23N3O2S. The minimum atomic E-state index is 0.376. The van der Waals surface area contributed by atoms with Gasteiger partial charge in [0.15, 0.2) is 5.13 Å². The summed E-state index contributed by atoms with van der Waals surface area (Å²) < 4.78 is 10.3. The minimum absolute atomic E-state index is 0.376. The summed E-state index contributed by atoms with van der Waals surface area (Å²) in [5.74, 6) is 0. The molecule has 0 amide bonds. The van der Waals surface area contributed by atoms with Crippen molar-refractivity contribution in [3.63, 3.8) is 0 Å². The number of hydrogen-bond donors (Lipinski definition) is 1. The largest absolute Gasteiger partial charge is 0.383 e. The highest BCUT2D eigenvalue weighted by atomic mass is 32.1. The maximum absolute atomic E-state index is 5.63. The third-order valence-electron chi connectivity index (χ3n) is 2.84. The highest BCUT2D eigenvalue weighted by Crippen LogP contribution is 2.12. The molecule has 0 saturated heterocycles. The van der Waals surface area contributed by atoms with Gasteiger partial charge in [-0.25, -0.2) is 4.98 Å². The molecule has 1 unspecified atom stereocenters. The van der Waals surface area contributed by atoms with Crippen LogP contribution in [0.4, 0.5) is 5.13 Å². The lowest BCUT2D eigenvalue weighted by molar-refractivity contribution is 0.0757. The van der Waals surface area contributed by atoms with Gasteiger partial charge in [0.1, 0.15) is 0 Å². The van der Waals surface area contributed by atoms with Crippen molar-refractivity contribution in [2.24, 2.45) is 0 Å². The third-order valence-corrected chi connectivity index (χ3v) is 3.56. The Hall–Kier alpha value is -0.690. The summed E-state index contributed by atoms with van der Waals surface area (Å²) in [4.78, 5) is 6.63. The lowest BCUT2D eigenvalue weighted by Crippen LogP contribution is -2.39. The number of rotatable bonds is 9. The van der Waals surface area contributed by atoms with Crippen LogP contribution < -0.4 is 5.73 Å². The van der Waals surface area contributed by atoms with Crippen molar-refractivity contribution in [1.29, 1.82) is 0 Å². The molecule has 1 aromatic rings.